The van der Waals surface area contributed by atoms with Crippen LogP contribution in [0.2, 0.25) is 0 Å². The highest BCUT2D eigenvalue weighted by molar-refractivity contribution is 5.67. The van der Waals surface area contributed by atoms with E-state index in [4.69, 9.17) is 4.74 Å². The minimum Gasteiger partial charge on any atom is -0.445 e. The molecular formula is C17H17F2NO3. The van der Waals surface area contributed by atoms with Crippen LogP contribution in [-0.2, 0) is 11.3 Å². The summed E-state index contributed by atoms with van der Waals surface area (Å²) in [5.74, 6) is -1.59. The normalized spacial score (nSPS) is 13.2. The van der Waals surface area contributed by atoms with Gasteiger partial charge in [-0.15, -0.1) is 0 Å². The van der Waals surface area contributed by atoms with E-state index < -0.39 is 29.9 Å². The predicted octanol–water partition coefficient (Wildman–Crippen LogP) is 3.31. The summed E-state index contributed by atoms with van der Waals surface area (Å²) < 4.78 is 31.3. The number of ether oxygens (including phenoxy) is 1. The molecule has 0 aliphatic heterocycles. The van der Waals surface area contributed by atoms with Gasteiger partial charge < -0.3 is 15.2 Å². The zero-order chi connectivity index (χ0) is 16.8. The molecule has 4 nitrogen and oxygen atoms in total. The molecule has 2 rings (SSSR count). The first-order chi connectivity index (χ1) is 11.0. The van der Waals surface area contributed by atoms with E-state index in [0.29, 0.717) is 6.07 Å². The highest BCUT2D eigenvalue weighted by atomic mass is 19.1. The van der Waals surface area contributed by atoms with E-state index >= 15 is 0 Å². The monoisotopic (exact) mass is 321 g/mol. The predicted molar refractivity (Wildman–Crippen MR) is 80.5 cm³/mol. The van der Waals surface area contributed by atoms with Crippen LogP contribution >= 0.6 is 0 Å². The topological polar surface area (TPSA) is 58.6 Å². The van der Waals surface area contributed by atoms with Gasteiger partial charge in [-0.05, 0) is 30.2 Å². The van der Waals surface area contributed by atoms with Gasteiger partial charge in [0.1, 0.15) is 18.2 Å². The van der Waals surface area contributed by atoms with Crippen molar-refractivity contribution in [3.63, 3.8) is 0 Å². The fraction of sp³-hybridized carbons (Fsp3) is 0.235. The molecule has 23 heavy (non-hydrogen) atoms. The van der Waals surface area contributed by atoms with Crippen molar-refractivity contribution in [2.24, 2.45) is 0 Å². The lowest BCUT2D eigenvalue weighted by Crippen LogP contribution is -2.37. The van der Waals surface area contributed by atoms with Crippen molar-refractivity contribution >= 4 is 6.09 Å². The van der Waals surface area contributed by atoms with Crippen LogP contribution in [0.15, 0.2) is 48.5 Å². The lowest BCUT2D eigenvalue weighted by molar-refractivity contribution is 0.106. The smallest absolute Gasteiger partial charge is 0.407 e. The number of rotatable bonds is 5. The number of carbonyl (C=O) groups excluding carboxylic acids is 1. The summed E-state index contributed by atoms with van der Waals surface area (Å²) in [5, 5.41) is 12.5. The first-order valence-electron chi connectivity index (χ1n) is 7.07. The van der Waals surface area contributed by atoms with Gasteiger partial charge in [0.2, 0.25) is 0 Å². The van der Waals surface area contributed by atoms with Gasteiger partial charge in [0, 0.05) is 6.07 Å². The van der Waals surface area contributed by atoms with Gasteiger partial charge in [-0.1, -0.05) is 30.3 Å². The number of hydrogen-bond acceptors (Lipinski definition) is 3. The third-order valence-electron chi connectivity index (χ3n) is 3.26. The summed E-state index contributed by atoms with van der Waals surface area (Å²) in [5.41, 5.74) is 0.862. The highest BCUT2D eigenvalue weighted by Crippen LogP contribution is 2.19. The standard InChI is InChI=1S/C17H17F2NO3/c1-11(16(21)13-7-14(18)9-15(19)8-13)20-17(22)23-10-12-5-3-2-4-6-12/h2-9,11,16,21H,10H2,1H3,(H,20,22). The maximum atomic E-state index is 13.2. The van der Waals surface area contributed by atoms with Crippen LogP contribution in [0.3, 0.4) is 0 Å². The summed E-state index contributed by atoms with van der Waals surface area (Å²) in [6.45, 7) is 1.60. The van der Waals surface area contributed by atoms with Gasteiger partial charge in [0.25, 0.3) is 0 Å². The molecule has 0 aliphatic carbocycles. The van der Waals surface area contributed by atoms with Crippen LogP contribution < -0.4 is 5.32 Å². The molecule has 0 aromatic heterocycles. The Labute approximate surface area is 132 Å². The zero-order valence-electron chi connectivity index (χ0n) is 12.5. The maximum Gasteiger partial charge on any atom is 0.407 e. The largest absolute Gasteiger partial charge is 0.445 e. The highest BCUT2D eigenvalue weighted by Gasteiger charge is 2.20. The van der Waals surface area contributed by atoms with E-state index in [0.717, 1.165) is 17.7 Å². The van der Waals surface area contributed by atoms with Crippen molar-refractivity contribution in [2.45, 2.75) is 25.7 Å². The van der Waals surface area contributed by atoms with Crippen LogP contribution in [-0.4, -0.2) is 17.2 Å². The Hall–Kier alpha value is -2.47. The summed E-state index contributed by atoms with van der Waals surface area (Å²) in [7, 11) is 0. The molecule has 1 amide bonds. The molecule has 2 aromatic carbocycles. The molecule has 2 atom stereocenters. The molecule has 0 saturated carbocycles. The second kappa shape index (κ2) is 7.69. The van der Waals surface area contributed by atoms with E-state index in [1.54, 1.807) is 12.1 Å². The lowest BCUT2D eigenvalue weighted by atomic mass is 10.0. The second-order valence-electron chi connectivity index (χ2n) is 5.14. The molecule has 0 heterocycles. The maximum absolute atomic E-state index is 13.2. The van der Waals surface area contributed by atoms with Crippen LogP contribution in [0.4, 0.5) is 13.6 Å². The van der Waals surface area contributed by atoms with Gasteiger partial charge in [0.15, 0.2) is 0 Å². The summed E-state index contributed by atoms with van der Waals surface area (Å²) >= 11 is 0. The average Bonchev–Trinajstić information content (AvgIpc) is 2.52. The molecule has 0 saturated heterocycles. The molecule has 0 spiro atoms. The van der Waals surface area contributed by atoms with E-state index in [1.807, 2.05) is 18.2 Å². The Balaban J connectivity index is 1.89. The summed E-state index contributed by atoms with van der Waals surface area (Å²) in [4.78, 5) is 11.7. The van der Waals surface area contributed by atoms with Gasteiger partial charge in [-0.2, -0.15) is 0 Å². The van der Waals surface area contributed by atoms with E-state index in [2.05, 4.69) is 5.32 Å². The fourth-order valence-corrected chi connectivity index (χ4v) is 2.06. The summed E-state index contributed by atoms with van der Waals surface area (Å²) in [6.07, 6.45) is -1.98. The number of nitrogens with one attached hydrogen (secondary N) is 1. The third kappa shape index (κ3) is 5.03. The Kier molecular flexibility index (Phi) is 5.65. The first-order valence-corrected chi connectivity index (χ1v) is 7.07. The Morgan fingerprint density at radius 1 is 1.17 bits per heavy atom. The quantitative estimate of drug-likeness (QED) is 0.888. The average molecular weight is 321 g/mol. The van der Waals surface area contributed by atoms with Crippen molar-refractivity contribution in [2.75, 3.05) is 0 Å². The number of amides is 1. The zero-order valence-corrected chi connectivity index (χ0v) is 12.5. The van der Waals surface area contributed by atoms with Gasteiger partial charge >= 0.3 is 6.09 Å². The van der Waals surface area contributed by atoms with Crippen LogP contribution in [0.25, 0.3) is 0 Å². The van der Waals surface area contributed by atoms with Crippen LogP contribution in [0, 0.1) is 11.6 Å². The molecule has 0 radical (unpaired) electrons. The first kappa shape index (κ1) is 16.9. The Morgan fingerprint density at radius 2 is 1.78 bits per heavy atom. The summed E-state index contributed by atoms with van der Waals surface area (Å²) in [6, 6.07) is 11.1. The van der Waals surface area contributed by atoms with Crippen LogP contribution in [0.5, 0.6) is 0 Å². The van der Waals surface area contributed by atoms with Crippen molar-refractivity contribution in [3.8, 4) is 0 Å². The Morgan fingerprint density at radius 3 is 2.39 bits per heavy atom. The molecular weight excluding hydrogens is 304 g/mol. The van der Waals surface area contributed by atoms with E-state index in [1.165, 1.54) is 6.92 Å². The van der Waals surface area contributed by atoms with E-state index in [-0.39, 0.29) is 12.2 Å². The van der Waals surface area contributed by atoms with Crippen molar-refractivity contribution < 1.29 is 23.4 Å². The number of aliphatic hydroxyl groups excluding tert-OH is 1. The van der Waals surface area contributed by atoms with Crippen molar-refractivity contribution in [1.82, 2.24) is 5.32 Å². The number of halogens is 2. The molecule has 0 aliphatic rings. The van der Waals surface area contributed by atoms with Gasteiger partial charge in [-0.3, -0.25) is 0 Å². The molecule has 6 heteroatoms. The molecule has 2 aromatic rings. The molecule has 0 fully saturated rings. The third-order valence-corrected chi connectivity index (χ3v) is 3.26. The van der Waals surface area contributed by atoms with Gasteiger partial charge in [0.05, 0.1) is 12.1 Å². The number of carbonyl (C=O) groups is 1. The second-order valence-corrected chi connectivity index (χ2v) is 5.14. The number of aliphatic hydroxyl groups is 1. The molecule has 2 N–H and O–H groups in total. The van der Waals surface area contributed by atoms with Crippen molar-refractivity contribution in [1.29, 1.82) is 0 Å². The minimum absolute atomic E-state index is 0.0401. The molecule has 0 bridgehead atoms. The number of benzene rings is 2. The van der Waals surface area contributed by atoms with E-state index in [9.17, 15) is 18.7 Å². The van der Waals surface area contributed by atoms with Gasteiger partial charge in [-0.25, -0.2) is 13.6 Å². The number of hydrogen-bond donors (Lipinski definition) is 2. The molecule has 122 valence electrons. The molecule has 2 unspecified atom stereocenters. The Bertz CT molecular complexity index is 644. The fourth-order valence-electron chi connectivity index (χ4n) is 2.06. The SMILES string of the molecule is CC(NC(=O)OCc1ccccc1)C(O)c1cc(F)cc(F)c1. The number of alkyl carbamates (subject to hydrolysis) is 1. The lowest BCUT2D eigenvalue weighted by Gasteiger charge is -2.20. The van der Waals surface area contributed by atoms with Crippen LogP contribution in [0.1, 0.15) is 24.2 Å². The van der Waals surface area contributed by atoms with Crippen molar-refractivity contribution in [3.05, 3.63) is 71.3 Å². The minimum atomic E-state index is -1.26.